The number of carbonyl (C=O) groups is 3. The highest BCUT2D eigenvalue weighted by Gasteiger charge is 2.51. The number of cyclic esters (lactones) is 1. The number of aryl methyl sites for hydroxylation is 2. The third-order valence-corrected chi connectivity index (χ3v) is 5.13. The minimum absolute atomic E-state index is 0.0759. The number of ether oxygens (including phenoxy) is 3. The molecule has 0 unspecified atom stereocenters. The van der Waals surface area contributed by atoms with Crippen LogP contribution in [0.2, 0.25) is 0 Å². The van der Waals surface area contributed by atoms with E-state index in [4.69, 9.17) is 14.2 Å². The van der Waals surface area contributed by atoms with Crippen LogP contribution >= 0.6 is 0 Å². The Kier molecular flexibility index (Phi) is 6.01. The van der Waals surface area contributed by atoms with Gasteiger partial charge in [0, 0.05) is 0 Å². The van der Waals surface area contributed by atoms with Crippen LogP contribution in [0.4, 0.5) is 0 Å². The number of hydrogen-bond donors (Lipinski definition) is 0. The molecule has 1 aliphatic rings. The zero-order valence-corrected chi connectivity index (χ0v) is 16.8. The van der Waals surface area contributed by atoms with Gasteiger partial charge in [0.15, 0.2) is 11.7 Å². The lowest BCUT2D eigenvalue weighted by Crippen LogP contribution is -2.46. The molecule has 0 amide bonds. The Bertz CT molecular complexity index is 900. The van der Waals surface area contributed by atoms with Crippen molar-refractivity contribution in [3.05, 3.63) is 70.8 Å². The van der Waals surface area contributed by atoms with Crippen LogP contribution in [0.5, 0.6) is 0 Å². The third-order valence-electron chi connectivity index (χ3n) is 5.13. The van der Waals surface area contributed by atoms with Crippen molar-refractivity contribution in [3.63, 3.8) is 0 Å². The van der Waals surface area contributed by atoms with Crippen LogP contribution in [-0.4, -0.2) is 36.2 Å². The molecule has 0 spiro atoms. The summed E-state index contributed by atoms with van der Waals surface area (Å²) in [7, 11) is 0. The van der Waals surface area contributed by atoms with Crippen molar-refractivity contribution in [2.24, 2.45) is 0 Å². The first kappa shape index (κ1) is 20.6. The summed E-state index contributed by atoms with van der Waals surface area (Å²) in [5.41, 5.74) is 1.64. The predicted molar refractivity (Wildman–Crippen MR) is 106 cm³/mol. The minimum atomic E-state index is -1.20. The Hall–Kier alpha value is -3.15. The molecule has 0 saturated carbocycles. The maximum atomic E-state index is 12.5. The number of carbonyl (C=O) groups excluding carboxylic acids is 3. The molecule has 1 fully saturated rings. The van der Waals surface area contributed by atoms with Crippen LogP contribution in [0.1, 0.15) is 51.6 Å². The second kappa shape index (κ2) is 8.47. The average Bonchev–Trinajstić information content (AvgIpc) is 3.02. The highest BCUT2D eigenvalue weighted by Crippen LogP contribution is 2.34. The molecular weight excluding hydrogens is 372 g/mol. The van der Waals surface area contributed by atoms with Crippen LogP contribution in [0.25, 0.3) is 0 Å². The number of rotatable bonds is 6. The van der Waals surface area contributed by atoms with Gasteiger partial charge in [-0.3, -0.25) is 4.79 Å². The third kappa shape index (κ3) is 4.65. The molecule has 0 N–H and O–H groups in total. The molecule has 1 saturated heterocycles. The molecule has 0 radical (unpaired) electrons. The van der Waals surface area contributed by atoms with E-state index in [2.05, 4.69) is 0 Å². The van der Waals surface area contributed by atoms with Crippen molar-refractivity contribution in [2.45, 2.75) is 45.3 Å². The Morgan fingerprint density at radius 1 is 0.966 bits per heavy atom. The first-order chi connectivity index (χ1) is 13.8. The van der Waals surface area contributed by atoms with E-state index in [1.807, 2.05) is 38.1 Å². The summed E-state index contributed by atoms with van der Waals surface area (Å²) in [4.78, 5) is 36.9. The van der Waals surface area contributed by atoms with E-state index in [-0.39, 0.29) is 13.0 Å². The maximum absolute atomic E-state index is 12.5. The monoisotopic (exact) mass is 396 g/mol. The van der Waals surface area contributed by atoms with Crippen LogP contribution < -0.4 is 0 Å². The van der Waals surface area contributed by atoms with Crippen LogP contribution in [0.3, 0.4) is 0 Å². The van der Waals surface area contributed by atoms with Crippen LogP contribution in [-0.2, 0) is 19.0 Å². The molecule has 29 heavy (non-hydrogen) atoms. The van der Waals surface area contributed by atoms with Gasteiger partial charge in [0.2, 0.25) is 0 Å². The van der Waals surface area contributed by atoms with Gasteiger partial charge in [-0.25, -0.2) is 9.59 Å². The zero-order valence-electron chi connectivity index (χ0n) is 16.8. The largest absolute Gasteiger partial charge is 0.458 e. The summed E-state index contributed by atoms with van der Waals surface area (Å²) in [6.45, 7) is 5.45. The molecule has 0 bridgehead atoms. The summed E-state index contributed by atoms with van der Waals surface area (Å²) in [6.07, 6.45) is -0.571. The lowest BCUT2D eigenvalue weighted by molar-refractivity contribution is -0.157. The first-order valence-corrected chi connectivity index (χ1v) is 9.56. The zero-order chi connectivity index (χ0) is 21.0. The van der Waals surface area contributed by atoms with Crippen molar-refractivity contribution >= 4 is 17.9 Å². The minimum Gasteiger partial charge on any atom is -0.458 e. The highest BCUT2D eigenvalue weighted by atomic mass is 16.6. The van der Waals surface area contributed by atoms with E-state index in [0.717, 1.165) is 11.1 Å². The molecule has 6 heteroatoms. The topological polar surface area (TPSA) is 78.9 Å². The quantitative estimate of drug-likeness (QED) is 0.546. The van der Waals surface area contributed by atoms with Gasteiger partial charge >= 0.3 is 17.9 Å². The van der Waals surface area contributed by atoms with Gasteiger partial charge in [-0.05, 0) is 44.5 Å². The summed E-state index contributed by atoms with van der Waals surface area (Å²) in [5.74, 6) is -1.56. The Balaban J connectivity index is 1.71. The number of esters is 3. The smallest absolute Gasteiger partial charge is 0.338 e. The molecule has 6 nitrogen and oxygen atoms in total. The molecule has 1 heterocycles. The summed E-state index contributed by atoms with van der Waals surface area (Å²) in [5, 5.41) is 0. The number of hydrogen-bond acceptors (Lipinski definition) is 6. The second-order valence-electron chi connectivity index (χ2n) is 7.30. The number of benzene rings is 2. The molecule has 0 aliphatic carbocycles. The van der Waals surface area contributed by atoms with Crippen molar-refractivity contribution in [2.75, 3.05) is 6.61 Å². The standard InChI is InChI=1S/C23H24O6/c1-4-23(14-27-21(25)17-9-5-15(2)6-10-17)19(13-20(24)29-23)28-22(26)18-11-7-16(3)8-12-18/h5-12,19H,4,13-14H2,1-3H3/t19-,23+/m0/s1. The first-order valence-electron chi connectivity index (χ1n) is 9.56. The molecule has 152 valence electrons. The molecule has 2 aromatic carbocycles. The second-order valence-corrected chi connectivity index (χ2v) is 7.30. The SMILES string of the molecule is CC[C@]1(COC(=O)c2ccc(C)cc2)OC(=O)C[C@@H]1OC(=O)c1ccc(C)cc1. The molecule has 1 aliphatic heterocycles. The van der Waals surface area contributed by atoms with Crippen molar-refractivity contribution < 1.29 is 28.6 Å². The fourth-order valence-corrected chi connectivity index (χ4v) is 3.19. The van der Waals surface area contributed by atoms with E-state index in [0.29, 0.717) is 17.5 Å². The fraction of sp³-hybridized carbons (Fsp3) is 0.348. The Labute approximate surface area is 169 Å². The molecule has 3 rings (SSSR count). The van der Waals surface area contributed by atoms with Gasteiger partial charge in [-0.2, -0.15) is 0 Å². The van der Waals surface area contributed by atoms with E-state index in [9.17, 15) is 14.4 Å². The van der Waals surface area contributed by atoms with E-state index in [1.165, 1.54) is 0 Å². The predicted octanol–water partition coefficient (Wildman–Crippen LogP) is 3.78. The lowest BCUT2D eigenvalue weighted by atomic mass is 9.94. The summed E-state index contributed by atoms with van der Waals surface area (Å²) in [6, 6.07) is 13.9. The van der Waals surface area contributed by atoms with Gasteiger partial charge in [0.05, 0.1) is 17.5 Å². The Morgan fingerprint density at radius 2 is 1.48 bits per heavy atom. The molecular formula is C23H24O6. The molecule has 0 aromatic heterocycles. The molecule has 2 aromatic rings. The van der Waals surface area contributed by atoms with Gasteiger partial charge in [-0.1, -0.05) is 42.3 Å². The van der Waals surface area contributed by atoms with Crippen molar-refractivity contribution in [1.82, 2.24) is 0 Å². The van der Waals surface area contributed by atoms with Crippen molar-refractivity contribution in [3.8, 4) is 0 Å². The van der Waals surface area contributed by atoms with Gasteiger partial charge in [-0.15, -0.1) is 0 Å². The average molecular weight is 396 g/mol. The summed E-state index contributed by atoms with van der Waals surface area (Å²) >= 11 is 0. The van der Waals surface area contributed by atoms with Gasteiger partial charge in [0.25, 0.3) is 0 Å². The Morgan fingerprint density at radius 3 is 2.00 bits per heavy atom. The van der Waals surface area contributed by atoms with Gasteiger partial charge < -0.3 is 14.2 Å². The normalized spacial score (nSPS) is 20.8. The van der Waals surface area contributed by atoms with Crippen LogP contribution in [0, 0.1) is 13.8 Å². The summed E-state index contributed by atoms with van der Waals surface area (Å²) < 4.78 is 16.5. The van der Waals surface area contributed by atoms with Crippen LogP contribution in [0.15, 0.2) is 48.5 Å². The van der Waals surface area contributed by atoms with E-state index >= 15 is 0 Å². The van der Waals surface area contributed by atoms with Gasteiger partial charge in [0.1, 0.15) is 6.61 Å². The molecule has 2 atom stereocenters. The highest BCUT2D eigenvalue weighted by molar-refractivity contribution is 5.90. The van der Waals surface area contributed by atoms with E-state index < -0.39 is 29.6 Å². The van der Waals surface area contributed by atoms with Crippen molar-refractivity contribution in [1.29, 1.82) is 0 Å². The maximum Gasteiger partial charge on any atom is 0.338 e. The lowest BCUT2D eigenvalue weighted by Gasteiger charge is -2.31. The van der Waals surface area contributed by atoms with E-state index in [1.54, 1.807) is 31.2 Å². The fourth-order valence-electron chi connectivity index (χ4n) is 3.19.